The van der Waals surface area contributed by atoms with Crippen LogP contribution in [-0.4, -0.2) is 12.9 Å². The van der Waals surface area contributed by atoms with Crippen molar-refractivity contribution in [3.05, 3.63) is 72.8 Å². The van der Waals surface area contributed by atoms with Crippen LogP contribution in [-0.2, 0) is 0 Å². The molecular formula is C22H23NOSi. The first kappa shape index (κ1) is 16.0. The van der Waals surface area contributed by atoms with E-state index in [1.165, 1.54) is 27.5 Å². The largest absolute Gasteiger partial charge is 0.544 e. The molecule has 0 radical (unpaired) electrons. The molecule has 3 heteroatoms. The third-order valence-corrected chi connectivity index (χ3v) is 7.41. The quantitative estimate of drug-likeness (QED) is 0.391. The maximum atomic E-state index is 6.23. The van der Waals surface area contributed by atoms with Crippen molar-refractivity contribution in [2.45, 2.75) is 26.1 Å². The number of nitrogens with zero attached hydrogens (tertiary/aromatic N) is 1. The highest BCUT2D eigenvalue weighted by molar-refractivity contribution is 6.71. The van der Waals surface area contributed by atoms with Crippen molar-refractivity contribution in [2.24, 2.45) is 0 Å². The van der Waals surface area contributed by atoms with E-state index in [4.69, 9.17) is 4.43 Å². The molecule has 3 aromatic carbocycles. The minimum Gasteiger partial charge on any atom is -0.544 e. The molecule has 0 aliphatic carbocycles. The second-order valence-electron chi connectivity index (χ2n) is 7.08. The van der Waals surface area contributed by atoms with Gasteiger partial charge in [0.05, 0.1) is 11.0 Å². The molecule has 25 heavy (non-hydrogen) atoms. The summed E-state index contributed by atoms with van der Waals surface area (Å²) in [7, 11) is -1.60. The van der Waals surface area contributed by atoms with Crippen molar-refractivity contribution in [1.82, 2.24) is 4.57 Å². The summed E-state index contributed by atoms with van der Waals surface area (Å²) < 4.78 is 8.56. The first-order valence-electron chi connectivity index (χ1n) is 8.87. The Morgan fingerprint density at radius 3 is 1.80 bits per heavy atom. The average Bonchev–Trinajstić information content (AvgIpc) is 2.97. The van der Waals surface area contributed by atoms with Gasteiger partial charge in [0.2, 0.25) is 8.32 Å². The summed E-state index contributed by atoms with van der Waals surface area (Å²) >= 11 is 0. The third kappa shape index (κ3) is 2.85. The van der Waals surface area contributed by atoms with Gasteiger partial charge in [-0.2, -0.15) is 0 Å². The number of hydrogen-bond acceptors (Lipinski definition) is 1. The van der Waals surface area contributed by atoms with Crippen molar-refractivity contribution in [3.8, 4) is 11.4 Å². The first-order chi connectivity index (χ1) is 12.1. The molecule has 0 unspecified atom stereocenters. The van der Waals surface area contributed by atoms with Crippen molar-refractivity contribution in [2.75, 3.05) is 0 Å². The van der Waals surface area contributed by atoms with E-state index in [1.54, 1.807) is 0 Å². The zero-order chi connectivity index (χ0) is 17.4. The highest BCUT2D eigenvalue weighted by Gasteiger charge is 2.21. The summed E-state index contributed by atoms with van der Waals surface area (Å²) in [6.07, 6.45) is 0. The van der Waals surface area contributed by atoms with E-state index in [-0.39, 0.29) is 0 Å². The maximum Gasteiger partial charge on any atom is 0.244 e. The molecule has 0 spiro atoms. The zero-order valence-corrected chi connectivity index (χ0v) is 16.0. The molecule has 4 aromatic rings. The van der Waals surface area contributed by atoms with Crippen molar-refractivity contribution >= 4 is 30.1 Å². The predicted octanol–water partition coefficient (Wildman–Crippen LogP) is 6.39. The molecule has 0 bridgehead atoms. The van der Waals surface area contributed by atoms with E-state index in [0.717, 1.165) is 11.8 Å². The molecule has 0 atom stereocenters. The molecule has 0 N–H and O–H groups in total. The van der Waals surface area contributed by atoms with Crippen LogP contribution in [0.2, 0.25) is 19.1 Å². The third-order valence-electron chi connectivity index (χ3n) is 4.92. The van der Waals surface area contributed by atoms with Gasteiger partial charge in [0.25, 0.3) is 0 Å². The van der Waals surface area contributed by atoms with Gasteiger partial charge in [0, 0.05) is 16.5 Å². The molecule has 0 aliphatic rings. The van der Waals surface area contributed by atoms with Gasteiger partial charge in [-0.3, -0.25) is 0 Å². The molecule has 126 valence electrons. The summed E-state index contributed by atoms with van der Waals surface area (Å²) in [6, 6.07) is 26.8. The Labute approximate surface area is 149 Å². The average molecular weight is 346 g/mol. The van der Waals surface area contributed by atoms with Gasteiger partial charge in [-0.25, -0.2) is 0 Å². The van der Waals surface area contributed by atoms with Gasteiger partial charge in [-0.15, -0.1) is 0 Å². The number of para-hydroxylation sites is 2. The maximum absolute atomic E-state index is 6.23. The lowest BCUT2D eigenvalue weighted by Gasteiger charge is -2.22. The van der Waals surface area contributed by atoms with Crippen LogP contribution in [0.15, 0.2) is 72.8 Å². The van der Waals surface area contributed by atoms with Gasteiger partial charge in [-0.05, 0) is 55.5 Å². The molecular weight excluding hydrogens is 322 g/mol. The second kappa shape index (κ2) is 6.08. The van der Waals surface area contributed by atoms with E-state index in [1.807, 2.05) is 0 Å². The summed E-state index contributed by atoms with van der Waals surface area (Å²) in [5.74, 6) is 0.975. The van der Waals surface area contributed by atoms with Gasteiger partial charge in [0.1, 0.15) is 5.75 Å². The number of benzene rings is 3. The van der Waals surface area contributed by atoms with Crippen molar-refractivity contribution in [3.63, 3.8) is 0 Å². The van der Waals surface area contributed by atoms with Crippen LogP contribution >= 0.6 is 0 Å². The highest BCUT2D eigenvalue weighted by atomic mass is 28.4. The molecule has 0 amide bonds. The molecule has 1 aromatic heterocycles. The lowest BCUT2D eigenvalue weighted by atomic mass is 10.2. The topological polar surface area (TPSA) is 14.2 Å². The lowest BCUT2D eigenvalue weighted by molar-refractivity contribution is 0.549. The molecule has 0 aliphatic heterocycles. The number of aromatic nitrogens is 1. The van der Waals surface area contributed by atoms with E-state index in [0.29, 0.717) is 0 Å². The minimum absolute atomic E-state index is 0.975. The number of hydrogen-bond donors (Lipinski definition) is 0. The number of fused-ring (bicyclic) bond motifs is 3. The summed E-state index contributed by atoms with van der Waals surface area (Å²) in [4.78, 5) is 0. The summed E-state index contributed by atoms with van der Waals surface area (Å²) in [5.41, 5.74) is 3.64. The first-order valence-corrected chi connectivity index (χ1v) is 12.0. The van der Waals surface area contributed by atoms with Gasteiger partial charge < -0.3 is 8.99 Å². The van der Waals surface area contributed by atoms with E-state index in [9.17, 15) is 0 Å². The molecule has 1 heterocycles. The van der Waals surface area contributed by atoms with E-state index >= 15 is 0 Å². The standard InChI is InChI=1S/C22H23NOSi/c1-4-25(2,3)24-18-15-13-17(14-16-18)23-21-11-7-5-9-19(21)20-10-6-8-12-22(20)23/h5-16H,4H2,1-3H3. The molecule has 2 nitrogen and oxygen atoms in total. The van der Waals surface area contributed by atoms with Crippen molar-refractivity contribution < 1.29 is 4.43 Å². The molecule has 0 saturated carbocycles. The summed E-state index contributed by atoms with van der Waals surface area (Å²) in [5, 5.41) is 2.58. The monoisotopic (exact) mass is 345 g/mol. The minimum atomic E-state index is -1.60. The summed E-state index contributed by atoms with van der Waals surface area (Å²) in [6.45, 7) is 6.72. The number of rotatable bonds is 4. The van der Waals surface area contributed by atoms with Crippen LogP contribution in [0, 0.1) is 0 Å². The smallest absolute Gasteiger partial charge is 0.244 e. The fourth-order valence-electron chi connectivity index (χ4n) is 3.26. The Morgan fingerprint density at radius 1 is 0.760 bits per heavy atom. The van der Waals surface area contributed by atoms with Crippen LogP contribution < -0.4 is 4.43 Å². The van der Waals surface area contributed by atoms with Crippen LogP contribution in [0.5, 0.6) is 5.75 Å². The van der Waals surface area contributed by atoms with Gasteiger partial charge in [0.15, 0.2) is 0 Å². The fraction of sp³-hybridized carbons (Fsp3) is 0.182. The van der Waals surface area contributed by atoms with Gasteiger partial charge in [-0.1, -0.05) is 43.3 Å². The lowest BCUT2D eigenvalue weighted by Crippen LogP contribution is -2.32. The van der Waals surface area contributed by atoms with E-state index < -0.39 is 8.32 Å². The van der Waals surface area contributed by atoms with Crippen molar-refractivity contribution in [1.29, 1.82) is 0 Å². The Bertz CT molecular complexity index is 978. The molecule has 4 rings (SSSR count). The Kier molecular flexibility index (Phi) is 3.89. The fourth-order valence-corrected chi connectivity index (χ4v) is 4.17. The highest BCUT2D eigenvalue weighted by Crippen LogP contribution is 2.32. The van der Waals surface area contributed by atoms with Gasteiger partial charge >= 0.3 is 0 Å². The Balaban J connectivity index is 1.84. The molecule has 0 saturated heterocycles. The van der Waals surface area contributed by atoms with Crippen LogP contribution in [0.25, 0.3) is 27.5 Å². The van der Waals surface area contributed by atoms with Crippen LogP contribution in [0.1, 0.15) is 6.92 Å². The molecule has 0 fully saturated rings. The Morgan fingerprint density at radius 2 is 1.28 bits per heavy atom. The second-order valence-corrected chi connectivity index (χ2v) is 11.5. The van der Waals surface area contributed by atoms with E-state index in [2.05, 4.69) is 97.4 Å². The predicted molar refractivity (Wildman–Crippen MR) is 109 cm³/mol. The van der Waals surface area contributed by atoms with Crippen LogP contribution in [0.4, 0.5) is 0 Å². The zero-order valence-electron chi connectivity index (χ0n) is 15.0. The van der Waals surface area contributed by atoms with Crippen LogP contribution in [0.3, 0.4) is 0 Å². The SMILES string of the molecule is CC[Si](C)(C)Oc1ccc(-n2c3ccccc3c3ccccc32)cc1. The Hall–Kier alpha value is -2.52. The normalized spacial score (nSPS) is 12.0.